The van der Waals surface area contributed by atoms with Gasteiger partial charge in [-0.1, -0.05) is 12.1 Å². The average Bonchev–Trinajstić information content (AvgIpc) is 2.75. The van der Waals surface area contributed by atoms with Crippen molar-refractivity contribution in [3.8, 4) is 0 Å². The van der Waals surface area contributed by atoms with Crippen molar-refractivity contribution in [1.82, 2.24) is 10.1 Å². The normalized spacial score (nSPS) is 12.2. The maximum atomic E-state index is 11.8. The zero-order valence-corrected chi connectivity index (χ0v) is 9.43. The molecule has 0 aliphatic heterocycles. The van der Waals surface area contributed by atoms with Gasteiger partial charge >= 0.3 is 5.97 Å². The van der Waals surface area contributed by atoms with Crippen molar-refractivity contribution in [1.29, 1.82) is 0 Å². The summed E-state index contributed by atoms with van der Waals surface area (Å²) in [5.74, 6) is -1.91. The lowest BCUT2D eigenvalue weighted by Gasteiger charge is -2.22. The van der Waals surface area contributed by atoms with E-state index in [4.69, 9.17) is 5.11 Å². The maximum absolute atomic E-state index is 11.8. The standard InChI is InChI=1S/C10H14N2O4/c1-4-6(2)12(3)9(13)7-5-8(10(14)15)16-11-7/h5-6H,4H2,1-3H3,(H,14,15). The first-order chi connectivity index (χ1) is 7.47. The molecule has 6 heteroatoms. The lowest BCUT2D eigenvalue weighted by Crippen LogP contribution is -2.34. The van der Waals surface area contributed by atoms with E-state index < -0.39 is 5.97 Å². The van der Waals surface area contributed by atoms with Crippen LogP contribution in [0.5, 0.6) is 0 Å². The van der Waals surface area contributed by atoms with Gasteiger partial charge in [0.05, 0.1) is 0 Å². The van der Waals surface area contributed by atoms with Gasteiger partial charge in [0.25, 0.3) is 5.91 Å². The number of carbonyl (C=O) groups is 2. The van der Waals surface area contributed by atoms with Crippen molar-refractivity contribution in [2.45, 2.75) is 26.3 Å². The van der Waals surface area contributed by atoms with E-state index in [-0.39, 0.29) is 23.4 Å². The van der Waals surface area contributed by atoms with Crippen molar-refractivity contribution < 1.29 is 19.2 Å². The van der Waals surface area contributed by atoms with Crippen LogP contribution in [-0.2, 0) is 0 Å². The molecule has 1 unspecified atom stereocenters. The molecule has 16 heavy (non-hydrogen) atoms. The van der Waals surface area contributed by atoms with Crippen LogP contribution in [0, 0.1) is 0 Å². The van der Waals surface area contributed by atoms with Crippen LogP contribution in [0.15, 0.2) is 10.6 Å². The Balaban J connectivity index is 2.84. The number of hydrogen-bond acceptors (Lipinski definition) is 4. The molecule has 0 bridgehead atoms. The Kier molecular flexibility index (Phi) is 3.65. The molecule has 88 valence electrons. The fourth-order valence-electron chi connectivity index (χ4n) is 1.13. The summed E-state index contributed by atoms with van der Waals surface area (Å²) in [6.45, 7) is 3.86. The van der Waals surface area contributed by atoms with E-state index in [1.54, 1.807) is 7.05 Å². The first-order valence-corrected chi connectivity index (χ1v) is 4.94. The first-order valence-electron chi connectivity index (χ1n) is 4.94. The number of aromatic nitrogens is 1. The van der Waals surface area contributed by atoms with Crippen LogP contribution < -0.4 is 0 Å². The second kappa shape index (κ2) is 4.78. The number of carboxylic acid groups (broad SMARTS) is 1. The predicted octanol–water partition coefficient (Wildman–Crippen LogP) is 1.24. The highest BCUT2D eigenvalue weighted by molar-refractivity contribution is 5.94. The third kappa shape index (κ3) is 2.39. The van der Waals surface area contributed by atoms with Crippen molar-refractivity contribution in [2.75, 3.05) is 7.05 Å². The van der Waals surface area contributed by atoms with Crippen molar-refractivity contribution in [2.24, 2.45) is 0 Å². The summed E-state index contributed by atoms with van der Waals surface area (Å²) in [5.41, 5.74) is 0.0141. The van der Waals surface area contributed by atoms with Crippen LogP contribution in [0.3, 0.4) is 0 Å². The van der Waals surface area contributed by atoms with Gasteiger partial charge < -0.3 is 14.5 Å². The Labute approximate surface area is 92.8 Å². The minimum absolute atomic E-state index is 0.0141. The maximum Gasteiger partial charge on any atom is 0.374 e. The van der Waals surface area contributed by atoms with Gasteiger partial charge in [-0.05, 0) is 13.3 Å². The molecule has 0 saturated heterocycles. The summed E-state index contributed by atoms with van der Waals surface area (Å²) < 4.78 is 4.51. The van der Waals surface area contributed by atoms with Crippen LogP contribution in [0.25, 0.3) is 0 Å². The SMILES string of the molecule is CCC(C)N(C)C(=O)c1cc(C(=O)O)on1. The van der Waals surface area contributed by atoms with Gasteiger partial charge in [0, 0.05) is 19.2 Å². The summed E-state index contributed by atoms with van der Waals surface area (Å²) in [6.07, 6.45) is 0.811. The fourth-order valence-corrected chi connectivity index (χ4v) is 1.13. The summed E-state index contributed by atoms with van der Waals surface area (Å²) in [4.78, 5) is 23.8. The highest BCUT2D eigenvalue weighted by Gasteiger charge is 2.21. The molecular weight excluding hydrogens is 212 g/mol. The van der Waals surface area contributed by atoms with Gasteiger partial charge in [0.2, 0.25) is 5.76 Å². The minimum Gasteiger partial charge on any atom is -0.475 e. The highest BCUT2D eigenvalue weighted by Crippen LogP contribution is 2.09. The Hall–Kier alpha value is -1.85. The molecule has 1 N–H and O–H groups in total. The molecule has 1 atom stereocenters. The Bertz CT molecular complexity index is 399. The zero-order valence-electron chi connectivity index (χ0n) is 9.43. The largest absolute Gasteiger partial charge is 0.475 e. The molecule has 0 aliphatic rings. The van der Waals surface area contributed by atoms with E-state index in [0.717, 1.165) is 12.5 Å². The number of rotatable bonds is 4. The second-order valence-corrected chi connectivity index (χ2v) is 3.55. The van der Waals surface area contributed by atoms with Crippen LogP contribution >= 0.6 is 0 Å². The fraction of sp³-hybridized carbons (Fsp3) is 0.500. The number of carbonyl (C=O) groups excluding carboxylic acids is 1. The van der Waals surface area contributed by atoms with Crippen molar-refractivity contribution in [3.63, 3.8) is 0 Å². The van der Waals surface area contributed by atoms with Crippen molar-refractivity contribution >= 4 is 11.9 Å². The molecule has 6 nitrogen and oxygen atoms in total. The molecule has 1 rings (SSSR count). The molecule has 1 aromatic heterocycles. The number of nitrogens with zero attached hydrogens (tertiary/aromatic N) is 2. The van der Waals surface area contributed by atoms with E-state index in [1.807, 2.05) is 13.8 Å². The lowest BCUT2D eigenvalue weighted by atomic mass is 10.2. The third-order valence-corrected chi connectivity index (χ3v) is 2.51. The summed E-state index contributed by atoms with van der Waals surface area (Å²) in [5, 5.41) is 12.0. The van der Waals surface area contributed by atoms with Gasteiger partial charge in [-0.2, -0.15) is 0 Å². The number of amides is 1. The number of aromatic carboxylic acids is 1. The zero-order chi connectivity index (χ0) is 12.3. The van der Waals surface area contributed by atoms with E-state index >= 15 is 0 Å². The topological polar surface area (TPSA) is 83.6 Å². The van der Waals surface area contributed by atoms with E-state index in [2.05, 4.69) is 9.68 Å². The third-order valence-electron chi connectivity index (χ3n) is 2.51. The monoisotopic (exact) mass is 226 g/mol. The molecule has 0 aliphatic carbocycles. The van der Waals surface area contributed by atoms with Gasteiger partial charge in [0.1, 0.15) is 0 Å². The number of hydrogen-bond donors (Lipinski definition) is 1. The van der Waals surface area contributed by atoms with Crippen molar-refractivity contribution in [3.05, 3.63) is 17.5 Å². The minimum atomic E-state index is -1.24. The highest BCUT2D eigenvalue weighted by atomic mass is 16.5. The molecule has 0 radical (unpaired) electrons. The molecule has 0 aromatic carbocycles. The van der Waals surface area contributed by atoms with Gasteiger partial charge in [-0.3, -0.25) is 4.79 Å². The molecule has 0 saturated carbocycles. The second-order valence-electron chi connectivity index (χ2n) is 3.55. The Morgan fingerprint density at radius 3 is 2.69 bits per heavy atom. The van der Waals surface area contributed by atoms with Gasteiger partial charge in [-0.15, -0.1) is 0 Å². The molecule has 1 heterocycles. The first kappa shape index (κ1) is 12.2. The number of carboxylic acids is 1. The molecule has 0 fully saturated rings. The van der Waals surface area contributed by atoms with E-state index in [1.165, 1.54) is 4.90 Å². The molecule has 0 spiro atoms. The quantitative estimate of drug-likeness (QED) is 0.835. The Morgan fingerprint density at radius 1 is 1.62 bits per heavy atom. The van der Waals surface area contributed by atoms with Gasteiger partial charge in [0.15, 0.2) is 5.69 Å². The summed E-state index contributed by atoms with van der Waals surface area (Å²) >= 11 is 0. The summed E-state index contributed by atoms with van der Waals surface area (Å²) in [7, 11) is 1.64. The van der Waals surface area contributed by atoms with Crippen LogP contribution in [0.1, 0.15) is 41.3 Å². The Morgan fingerprint density at radius 2 is 2.25 bits per heavy atom. The van der Waals surface area contributed by atoms with Gasteiger partial charge in [-0.25, -0.2) is 4.79 Å². The van der Waals surface area contributed by atoms with E-state index in [9.17, 15) is 9.59 Å². The van der Waals surface area contributed by atoms with Crippen LogP contribution in [0.4, 0.5) is 0 Å². The molecule has 1 amide bonds. The van der Waals surface area contributed by atoms with Crippen LogP contribution in [0.2, 0.25) is 0 Å². The summed E-state index contributed by atoms with van der Waals surface area (Å²) in [6, 6.07) is 1.20. The molecule has 1 aromatic rings. The predicted molar refractivity (Wildman–Crippen MR) is 55.3 cm³/mol. The van der Waals surface area contributed by atoms with Crippen LogP contribution in [-0.4, -0.2) is 40.1 Å². The lowest BCUT2D eigenvalue weighted by molar-refractivity contribution is 0.0647. The average molecular weight is 226 g/mol. The van der Waals surface area contributed by atoms with E-state index in [0.29, 0.717) is 0 Å². The molecular formula is C10H14N2O4. The smallest absolute Gasteiger partial charge is 0.374 e.